The molecule has 2 N–H and O–H groups in total. The SMILES string of the molecule is OC[C@@H]1C[C@H]1c1cncc(OC[C@@H]2CCN2)c1. The summed E-state index contributed by atoms with van der Waals surface area (Å²) in [6.45, 7) is 2.10. The van der Waals surface area contributed by atoms with Gasteiger partial charge < -0.3 is 15.2 Å². The Kier molecular flexibility index (Phi) is 2.99. The maximum atomic E-state index is 9.06. The van der Waals surface area contributed by atoms with E-state index in [1.165, 1.54) is 12.0 Å². The second-order valence-electron chi connectivity index (χ2n) is 4.99. The molecule has 1 aliphatic carbocycles. The predicted octanol–water partition coefficient (Wildman–Crippen LogP) is 0.918. The van der Waals surface area contributed by atoms with E-state index in [0.29, 0.717) is 17.9 Å². The van der Waals surface area contributed by atoms with Gasteiger partial charge in [-0.15, -0.1) is 0 Å². The van der Waals surface area contributed by atoms with Gasteiger partial charge in [-0.3, -0.25) is 4.98 Å². The summed E-state index contributed by atoms with van der Waals surface area (Å²) < 4.78 is 5.71. The van der Waals surface area contributed by atoms with Crippen molar-refractivity contribution in [2.24, 2.45) is 5.92 Å². The molecule has 3 rings (SSSR count). The largest absolute Gasteiger partial charge is 0.490 e. The minimum atomic E-state index is 0.280. The lowest BCUT2D eigenvalue weighted by molar-refractivity contribution is 0.216. The molecule has 1 saturated heterocycles. The third kappa shape index (κ3) is 2.42. The first-order chi connectivity index (χ1) is 8.36. The zero-order chi connectivity index (χ0) is 11.7. The number of aliphatic hydroxyl groups excluding tert-OH is 1. The molecule has 1 aromatic heterocycles. The molecule has 4 heteroatoms. The molecular weight excluding hydrogens is 216 g/mol. The van der Waals surface area contributed by atoms with Crippen molar-refractivity contribution in [1.82, 2.24) is 10.3 Å². The molecule has 1 saturated carbocycles. The lowest BCUT2D eigenvalue weighted by Crippen LogP contribution is -2.46. The van der Waals surface area contributed by atoms with Crippen molar-refractivity contribution in [3.63, 3.8) is 0 Å². The van der Waals surface area contributed by atoms with Gasteiger partial charge in [0.15, 0.2) is 0 Å². The molecule has 0 amide bonds. The Hall–Kier alpha value is -1.13. The van der Waals surface area contributed by atoms with Gasteiger partial charge in [0.2, 0.25) is 0 Å². The number of aromatic nitrogens is 1. The molecular formula is C13H18N2O2. The van der Waals surface area contributed by atoms with Crippen molar-refractivity contribution in [1.29, 1.82) is 0 Å². The zero-order valence-corrected chi connectivity index (χ0v) is 9.80. The number of ether oxygens (including phenoxy) is 1. The molecule has 3 atom stereocenters. The highest BCUT2D eigenvalue weighted by Gasteiger charge is 2.37. The summed E-state index contributed by atoms with van der Waals surface area (Å²) in [6.07, 6.45) is 5.92. The van der Waals surface area contributed by atoms with Gasteiger partial charge in [-0.2, -0.15) is 0 Å². The van der Waals surface area contributed by atoms with E-state index in [0.717, 1.165) is 25.3 Å². The van der Waals surface area contributed by atoms with Gasteiger partial charge in [-0.25, -0.2) is 0 Å². The number of rotatable bonds is 5. The summed E-state index contributed by atoms with van der Waals surface area (Å²) >= 11 is 0. The normalized spacial score (nSPS) is 30.8. The Balaban J connectivity index is 1.58. The average Bonchev–Trinajstić information content (AvgIpc) is 3.07. The van der Waals surface area contributed by atoms with Crippen LogP contribution in [0.2, 0.25) is 0 Å². The topological polar surface area (TPSA) is 54.4 Å². The predicted molar refractivity (Wildman–Crippen MR) is 64.1 cm³/mol. The van der Waals surface area contributed by atoms with Gasteiger partial charge >= 0.3 is 0 Å². The Morgan fingerprint density at radius 2 is 2.35 bits per heavy atom. The van der Waals surface area contributed by atoms with Crippen LogP contribution in [0.3, 0.4) is 0 Å². The van der Waals surface area contributed by atoms with Crippen LogP contribution in [0.1, 0.15) is 24.3 Å². The van der Waals surface area contributed by atoms with Crippen LogP contribution in [0.4, 0.5) is 0 Å². The molecule has 2 heterocycles. The number of nitrogens with one attached hydrogen (secondary N) is 1. The van der Waals surface area contributed by atoms with Crippen LogP contribution < -0.4 is 10.1 Å². The van der Waals surface area contributed by atoms with E-state index in [1.807, 2.05) is 6.20 Å². The summed E-state index contributed by atoms with van der Waals surface area (Å²) in [7, 11) is 0. The molecule has 0 radical (unpaired) electrons. The van der Waals surface area contributed by atoms with E-state index in [-0.39, 0.29) is 6.61 Å². The Bertz CT molecular complexity index is 393. The van der Waals surface area contributed by atoms with Gasteiger partial charge in [-0.05, 0) is 42.9 Å². The van der Waals surface area contributed by atoms with E-state index < -0.39 is 0 Å². The van der Waals surface area contributed by atoms with Crippen LogP contribution in [-0.2, 0) is 0 Å². The quantitative estimate of drug-likeness (QED) is 0.795. The second-order valence-corrected chi connectivity index (χ2v) is 4.99. The van der Waals surface area contributed by atoms with Gasteiger partial charge in [0.05, 0.1) is 6.20 Å². The minimum Gasteiger partial charge on any atom is -0.490 e. The van der Waals surface area contributed by atoms with Gasteiger partial charge in [0.1, 0.15) is 12.4 Å². The average molecular weight is 234 g/mol. The summed E-state index contributed by atoms with van der Waals surface area (Å²) in [5, 5.41) is 12.4. The van der Waals surface area contributed by atoms with Crippen LogP contribution in [0.25, 0.3) is 0 Å². The van der Waals surface area contributed by atoms with Crippen LogP contribution in [0.15, 0.2) is 18.5 Å². The molecule has 0 aromatic carbocycles. The maximum Gasteiger partial charge on any atom is 0.137 e. The van der Waals surface area contributed by atoms with E-state index in [9.17, 15) is 0 Å². The first-order valence-electron chi connectivity index (χ1n) is 6.29. The van der Waals surface area contributed by atoms with Gasteiger partial charge in [-0.1, -0.05) is 0 Å². The third-order valence-electron chi connectivity index (χ3n) is 3.70. The fourth-order valence-corrected chi connectivity index (χ4v) is 2.26. The first kappa shape index (κ1) is 11.0. The molecule has 0 unspecified atom stereocenters. The standard InChI is InChI=1S/C13H18N2O2/c16-7-10-4-13(10)9-3-12(6-14-5-9)17-8-11-1-2-15-11/h3,5-6,10-11,13,15-16H,1-2,4,7-8H2/t10-,11-,13-/m0/s1. The minimum absolute atomic E-state index is 0.280. The van der Waals surface area contributed by atoms with Crippen LogP contribution >= 0.6 is 0 Å². The fraction of sp³-hybridized carbons (Fsp3) is 0.615. The van der Waals surface area contributed by atoms with Crippen molar-refractivity contribution >= 4 is 0 Å². The van der Waals surface area contributed by atoms with Crippen LogP contribution in [0, 0.1) is 5.92 Å². The van der Waals surface area contributed by atoms with Crippen molar-refractivity contribution in [2.75, 3.05) is 19.8 Å². The van der Waals surface area contributed by atoms with Gasteiger partial charge in [0, 0.05) is 18.8 Å². The highest BCUT2D eigenvalue weighted by atomic mass is 16.5. The molecule has 17 heavy (non-hydrogen) atoms. The molecule has 0 bridgehead atoms. The number of pyridine rings is 1. The fourth-order valence-electron chi connectivity index (χ4n) is 2.26. The van der Waals surface area contributed by atoms with Crippen molar-refractivity contribution in [2.45, 2.75) is 24.8 Å². The Labute approximate surface area is 101 Å². The summed E-state index contributed by atoms with van der Waals surface area (Å²) in [5.41, 5.74) is 1.20. The maximum absolute atomic E-state index is 9.06. The molecule has 2 fully saturated rings. The Morgan fingerprint density at radius 3 is 3.00 bits per heavy atom. The monoisotopic (exact) mass is 234 g/mol. The lowest BCUT2D eigenvalue weighted by Gasteiger charge is -2.27. The van der Waals surface area contributed by atoms with Crippen molar-refractivity contribution in [3.05, 3.63) is 24.0 Å². The second kappa shape index (κ2) is 4.63. The molecule has 4 nitrogen and oxygen atoms in total. The van der Waals surface area contributed by atoms with Gasteiger partial charge in [0.25, 0.3) is 0 Å². The van der Waals surface area contributed by atoms with Crippen molar-refractivity contribution in [3.8, 4) is 5.75 Å². The highest BCUT2D eigenvalue weighted by molar-refractivity contribution is 5.30. The summed E-state index contributed by atoms with van der Waals surface area (Å²) in [6, 6.07) is 2.57. The number of hydrogen-bond acceptors (Lipinski definition) is 4. The number of nitrogens with zero attached hydrogens (tertiary/aromatic N) is 1. The lowest BCUT2D eigenvalue weighted by atomic mass is 10.1. The van der Waals surface area contributed by atoms with Crippen molar-refractivity contribution < 1.29 is 9.84 Å². The third-order valence-corrected chi connectivity index (χ3v) is 3.70. The van der Waals surface area contributed by atoms with Crippen LogP contribution in [-0.4, -0.2) is 35.9 Å². The summed E-state index contributed by atoms with van der Waals surface area (Å²) in [5.74, 6) is 1.76. The number of hydrogen-bond donors (Lipinski definition) is 2. The molecule has 0 spiro atoms. The molecule has 1 aromatic rings. The van der Waals surface area contributed by atoms with E-state index in [1.54, 1.807) is 6.20 Å². The molecule has 2 aliphatic rings. The smallest absolute Gasteiger partial charge is 0.137 e. The van der Waals surface area contributed by atoms with E-state index in [4.69, 9.17) is 9.84 Å². The Morgan fingerprint density at radius 1 is 1.47 bits per heavy atom. The summed E-state index contributed by atoms with van der Waals surface area (Å²) in [4.78, 5) is 4.21. The molecule has 92 valence electrons. The van der Waals surface area contributed by atoms with E-state index >= 15 is 0 Å². The van der Waals surface area contributed by atoms with Crippen LogP contribution in [0.5, 0.6) is 5.75 Å². The highest BCUT2D eigenvalue weighted by Crippen LogP contribution is 2.47. The van der Waals surface area contributed by atoms with E-state index in [2.05, 4.69) is 16.4 Å². The molecule has 1 aliphatic heterocycles. The number of aliphatic hydroxyl groups is 1. The zero-order valence-electron chi connectivity index (χ0n) is 9.80. The first-order valence-corrected chi connectivity index (χ1v) is 6.29.